The third-order valence-electron chi connectivity index (χ3n) is 3.95. The summed E-state index contributed by atoms with van der Waals surface area (Å²) in [5.74, 6) is 0.936. The van der Waals surface area contributed by atoms with Crippen LogP contribution in [0.1, 0.15) is 42.2 Å². The van der Waals surface area contributed by atoms with Crippen LogP contribution in [0.5, 0.6) is 0 Å². The first kappa shape index (κ1) is 11.5. The van der Waals surface area contributed by atoms with E-state index in [4.69, 9.17) is 4.42 Å². The standard InChI is InChI=1S/C16H18O2/c1-2-12-5-3-6-13(11-12)16(17)9-4-7-15-14(16)8-10-18-15/h3,5-6,8,10-11,17H,2,4,7,9H2,1H3. The molecule has 0 fully saturated rings. The average Bonchev–Trinajstić information content (AvgIpc) is 2.89. The number of hydrogen-bond acceptors (Lipinski definition) is 2. The summed E-state index contributed by atoms with van der Waals surface area (Å²) in [4.78, 5) is 0. The van der Waals surface area contributed by atoms with Crippen LogP contribution in [-0.2, 0) is 18.4 Å². The van der Waals surface area contributed by atoms with E-state index in [1.807, 2.05) is 18.2 Å². The second-order valence-electron chi connectivity index (χ2n) is 5.03. The molecule has 1 atom stereocenters. The van der Waals surface area contributed by atoms with E-state index in [0.717, 1.165) is 42.6 Å². The molecule has 18 heavy (non-hydrogen) atoms. The fourth-order valence-corrected chi connectivity index (χ4v) is 2.89. The Labute approximate surface area is 107 Å². The molecular formula is C16H18O2. The van der Waals surface area contributed by atoms with Crippen molar-refractivity contribution in [3.8, 4) is 0 Å². The summed E-state index contributed by atoms with van der Waals surface area (Å²) < 4.78 is 5.47. The molecular weight excluding hydrogens is 224 g/mol. The van der Waals surface area contributed by atoms with Crippen molar-refractivity contribution in [3.05, 3.63) is 59.0 Å². The predicted molar refractivity (Wildman–Crippen MR) is 70.5 cm³/mol. The lowest BCUT2D eigenvalue weighted by Crippen LogP contribution is -2.31. The van der Waals surface area contributed by atoms with E-state index >= 15 is 0 Å². The molecule has 2 aromatic rings. The van der Waals surface area contributed by atoms with Gasteiger partial charge in [0.05, 0.1) is 6.26 Å². The Kier molecular flexibility index (Phi) is 2.75. The summed E-state index contributed by atoms with van der Waals surface area (Å²) in [5.41, 5.74) is 2.33. The number of aryl methyl sites for hydroxylation is 2. The Balaban J connectivity index is 2.11. The van der Waals surface area contributed by atoms with Gasteiger partial charge in [0.2, 0.25) is 0 Å². The second-order valence-corrected chi connectivity index (χ2v) is 5.03. The summed E-state index contributed by atoms with van der Waals surface area (Å²) in [7, 11) is 0. The highest BCUT2D eigenvalue weighted by Gasteiger charge is 2.37. The van der Waals surface area contributed by atoms with Crippen LogP contribution < -0.4 is 0 Å². The van der Waals surface area contributed by atoms with E-state index < -0.39 is 5.60 Å². The van der Waals surface area contributed by atoms with E-state index in [2.05, 4.69) is 19.1 Å². The lowest BCUT2D eigenvalue weighted by molar-refractivity contribution is 0.0589. The molecule has 1 heterocycles. The van der Waals surface area contributed by atoms with Gasteiger partial charge in [-0.2, -0.15) is 0 Å². The zero-order valence-corrected chi connectivity index (χ0v) is 10.6. The normalized spacial score (nSPS) is 22.8. The quantitative estimate of drug-likeness (QED) is 0.875. The van der Waals surface area contributed by atoms with E-state index in [9.17, 15) is 5.11 Å². The van der Waals surface area contributed by atoms with Gasteiger partial charge in [-0.1, -0.05) is 31.2 Å². The second kappa shape index (κ2) is 4.29. The molecule has 1 N–H and O–H groups in total. The number of furan rings is 1. The van der Waals surface area contributed by atoms with Gasteiger partial charge in [0, 0.05) is 12.0 Å². The molecule has 2 heteroatoms. The van der Waals surface area contributed by atoms with Crippen molar-refractivity contribution in [1.82, 2.24) is 0 Å². The van der Waals surface area contributed by atoms with E-state index in [1.54, 1.807) is 6.26 Å². The maximum Gasteiger partial charge on any atom is 0.118 e. The largest absolute Gasteiger partial charge is 0.469 e. The minimum absolute atomic E-state index is 0.771. The Bertz CT molecular complexity index is 556. The summed E-state index contributed by atoms with van der Waals surface area (Å²) in [6.07, 6.45) is 5.34. The van der Waals surface area contributed by atoms with Crippen LogP contribution in [0.3, 0.4) is 0 Å². The zero-order valence-electron chi connectivity index (χ0n) is 10.6. The van der Waals surface area contributed by atoms with Gasteiger partial charge in [0.1, 0.15) is 11.4 Å². The highest BCUT2D eigenvalue weighted by molar-refractivity contribution is 5.40. The minimum Gasteiger partial charge on any atom is -0.469 e. The van der Waals surface area contributed by atoms with Gasteiger partial charge in [-0.25, -0.2) is 0 Å². The number of aliphatic hydroxyl groups is 1. The predicted octanol–water partition coefficient (Wildman–Crippen LogP) is 3.41. The first-order chi connectivity index (χ1) is 8.74. The fraction of sp³-hybridized carbons (Fsp3) is 0.375. The summed E-state index contributed by atoms with van der Waals surface area (Å²) in [6.45, 7) is 2.13. The van der Waals surface area contributed by atoms with Crippen LogP contribution in [0.2, 0.25) is 0 Å². The van der Waals surface area contributed by atoms with Gasteiger partial charge in [0.25, 0.3) is 0 Å². The number of rotatable bonds is 2. The Morgan fingerprint density at radius 1 is 1.33 bits per heavy atom. The maximum atomic E-state index is 11.0. The molecule has 0 spiro atoms. The van der Waals surface area contributed by atoms with Crippen molar-refractivity contribution in [2.45, 2.75) is 38.2 Å². The van der Waals surface area contributed by atoms with E-state index in [1.165, 1.54) is 5.56 Å². The molecule has 0 saturated heterocycles. The third kappa shape index (κ3) is 1.68. The van der Waals surface area contributed by atoms with Crippen molar-refractivity contribution in [1.29, 1.82) is 0 Å². The molecule has 0 saturated carbocycles. The SMILES string of the molecule is CCc1cccc(C2(O)CCCc3occc32)c1. The van der Waals surface area contributed by atoms with Gasteiger partial charge in [0.15, 0.2) is 0 Å². The number of fused-ring (bicyclic) bond motifs is 1. The van der Waals surface area contributed by atoms with Crippen LogP contribution >= 0.6 is 0 Å². The Hall–Kier alpha value is -1.54. The topological polar surface area (TPSA) is 33.4 Å². The van der Waals surface area contributed by atoms with Gasteiger partial charge in [-0.15, -0.1) is 0 Å². The van der Waals surface area contributed by atoms with E-state index in [0.29, 0.717) is 0 Å². The fourth-order valence-electron chi connectivity index (χ4n) is 2.89. The first-order valence-corrected chi connectivity index (χ1v) is 6.62. The van der Waals surface area contributed by atoms with Gasteiger partial charge in [-0.3, -0.25) is 0 Å². The molecule has 1 aliphatic carbocycles. The summed E-state index contributed by atoms with van der Waals surface area (Å²) >= 11 is 0. The molecule has 0 bridgehead atoms. The molecule has 1 aromatic heterocycles. The van der Waals surface area contributed by atoms with Gasteiger partial charge < -0.3 is 9.52 Å². The molecule has 2 nitrogen and oxygen atoms in total. The first-order valence-electron chi connectivity index (χ1n) is 6.62. The molecule has 1 unspecified atom stereocenters. The van der Waals surface area contributed by atoms with E-state index in [-0.39, 0.29) is 0 Å². The van der Waals surface area contributed by atoms with Crippen LogP contribution in [0, 0.1) is 0 Å². The Morgan fingerprint density at radius 2 is 2.22 bits per heavy atom. The Morgan fingerprint density at radius 3 is 3.06 bits per heavy atom. The molecule has 0 radical (unpaired) electrons. The van der Waals surface area contributed by atoms with Crippen molar-refractivity contribution in [3.63, 3.8) is 0 Å². The highest BCUT2D eigenvalue weighted by Crippen LogP contribution is 2.41. The van der Waals surface area contributed by atoms with Crippen LogP contribution in [0.4, 0.5) is 0 Å². The zero-order chi connectivity index (χ0) is 12.6. The third-order valence-corrected chi connectivity index (χ3v) is 3.95. The van der Waals surface area contributed by atoms with Crippen molar-refractivity contribution in [2.75, 3.05) is 0 Å². The number of benzene rings is 1. The molecule has 1 aliphatic rings. The van der Waals surface area contributed by atoms with Crippen molar-refractivity contribution in [2.24, 2.45) is 0 Å². The lowest BCUT2D eigenvalue weighted by Gasteiger charge is -2.32. The molecule has 0 aliphatic heterocycles. The monoisotopic (exact) mass is 242 g/mol. The van der Waals surface area contributed by atoms with Crippen LogP contribution in [0.15, 0.2) is 41.0 Å². The maximum absolute atomic E-state index is 11.0. The molecule has 94 valence electrons. The van der Waals surface area contributed by atoms with Crippen LogP contribution in [0.25, 0.3) is 0 Å². The highest BCUT2D eigenvalue weighted by atomic mass is 16.3. The van der Waals surface area contributed by atoms with Crippen LogP contribution in [-0.4, -0.2) is 5.11 Å². The lowest BCUT2D eigenvalue weighted by atomic mass is 9.77. The molecule has 0 amide bonds. The minimum atomic E-state index is -0.869. The number of hydrogen-bond donors (Lipinski definition) is 1. The van der Waals surface area contributed by atoms with Crippen molar-refractivity contribution < 1.29 is 9.52 Å². The summed E-state index contributed by atoms with van der Waals surface area (Å²) in [6, 6.07) is 10.2. The average molecular weight is 242 g/mol. The van der Waals surface area contributed by atoms with Crippen molar-refractivity contribution >= 4 is 0 Å². The molecule has 1 aromatic carbocycles. The smallest absolute Gasteiger partial charge is 0.118 e. The van der Waals surface area contributed by atoms with Gasteiger partial charge >= 0.3 is 0 Å². The summed E-state index contributed by atoms with van der Waals surface area (Å²) in [5, 5.41) is 11.0. The molecule has 3 rings (SSSR count). The van der Waals surface area contributed by atoms with Gasteiger partial charge in [-0.05, 0) is 36.5 Å².